The fraction of sp³-hybridized carbons (Fsp3) is 0.333. The number of nitrogens with zero attached hydrogens (tertiary/aromatic N) is 2. The lowest BCUT2D eigenvalue weighted by Crippen LogP contribution is -2.55. The van der Waals surface area contributed by atoms with Crippen LogP contribution in [-0.4, -0.2) is 43.3 Å². The molecule has 0 heterocycles. The van der Waals surface area contributed by atoms with Crippen LogP contribution in [0.25, 0.3) is 0 Å². The number of nitrogens with one attached hydrogen (secondary N) is 1. The molecule has 2 amide bonds. The predicted molar refractivity (Wildman–Crippen MR) is 166 cm³/mol. The maximum Gasteiger partial charge on any atom is 0.264 e. The minimum absolute atomic E-state index is 0.000586. The normalized spacial score (nSPS) is 12.5. The van der Waals surface area contributed by atoms with Crippen molar-refractivity contribution in [3.05, 3.63) is 92.9 Å². The van der Waals surface area contributed by atoms with Gasteiger partial charge in [0.15, 0.2) is 0 Å². The number of amides is 2. The Balaban J connectivity index is 2.11. The molecule has 0 aliphatic rings. The molecule has 0 saturated heterocycles. The van der Waals surface area contributed by atoms with Gasteiger partial charge in [-0.2, -0.15) is 0 Å². The Morgan fingerprint density at radius 2 is 1.56 bits per heavy atom. The summed E-state index contributed by atoms with van der Waals surface area (Å²) in [5.41, 5.74) is 1.01. The quantitative estimate of drug-likeness (QED) is 0.263. The molecule has 41 heavy (non-hydrogen) atoms. The van der Waals surface area contributed by atoms with Crippen molar-refractivity contribution in [1.82, 2.24) is 10.2 Å². The van der Waals surface area contributed by atoms with Gasteiger partial charge in [0.25, 0.3) is 10.0 Å². The Morgan fingerprint density at radius 3 is 2.12 bits per heavy atom. The monoisotopic (exact) mass is 637 g/mol. The third kappa shape index (κ3) is 8.38. The Labute approximate surface area is 257 Å². The van der Waals surface area contributed by atoms with Gasteiger partial charge in [-0.15, -0.1) is 0 Å². The van der Waals surface area contributed by atoms with Crippen LogP contribution in [0.15, 0.2) is 71.6 Å². The van der Waals surface area contributed by atoms with Gasteiger partial charge in [0.05, 0.1) is 15.6 Å². The van der Waals surface area contributed by atoms with Crippen molar-refractivity contribution >= 4 is 62.3 Å². The van der Waals surface area contributed by atoms with Gasteiger partial charge >= 0.3 is 0 Å². The first-order valence-electron chi connectivity index (χ1n) is 13.0. The highest BCUT2D eigenvalue weighted by atomic mass is 35.5. The number of aryl methyl sites for hydroxylation is 1. The first-order chi connectivity index (χ1) is 19.1. The fourth-order valence-electron chi connectivity index (χ4n) is 4.21. The summed E-state index contributed by atoms with van der Waals surface area (Å²) in [5, 5.41) is 3.82. The molecule has 0 radical (unpaired) electrons. The van der Waals surface area contributed by atoms with E-state index in [0.717, 1.165) is 9.87 Å². The van der Waals surface area contributed by atoms with Crippen LogP contribution in [0.3, 0.4) is 0 Å². The van der Waals surface area contributed by atoms with Crippen molar-refractivity contribution in [2.45, 2.75) is 64.1 Å². The number of rotatable bonds is 10. The lowest BCUT2D eigenvalue weighted by atomic mass is 10.1. The molecule has 3 aromatic rings. The Morgan fingerprint density at radius 1 is 0.927 bits per heavy atom. The number of carbonyl (C=O) groups is 2. The standard InChI is InChI=1S/C30H34Cl3N3O4S/c1-6-26(29(38)34-30(3,4)5)35(18-21-13-14-22(31)17-25(21)33)28(37)19-36(27-10-8-7-9-24(27)32)41(39,40)23-15-11-20(2)12-16-23/h7-17,26H,6,18-19H2,1-5H3,(H,34,38)/t26-/m0/s1. The van der Waals surface area contributed by atoms with Crippen molar-refractivity contribution in [3.8, 4) is 0 Å². The molecule has 0 aliphatic carbocycles. The second kappa shape index (κ2) is 13.5. The van der Waals surface area contributed by atoms with Gasteiger partial charge in [0, 0.05) is 22.1 Å². The zero-order valence-electron chi connectivity index (χ0n) is 23.6. The topological polar surface area (TPSA) is 86.8 Å². The van der Waals surface area contributed by atoms with Gasteiger partial charge in [-0.1, -0.05) is 77.6 Å². The molecule has 0 fully saturated rings. The fourth-order valence-corrected chi connectivity index (χ4v) is 6.40. The zero-order valence-corrected chi connectivity index (χ0v) is 26.7. The van der Waals surface area contributed by atoms with E-state index < -0.39 is 34.1 Å². The first-order valence-corrected chi connectivity index (χ1v) is 15.6. The number of sulfonamides is 1. The summed E-state index contributed by atoms with van der Waals surface area (Å²) < 4.78 is 28.9. The van der Waals surface area contributed by atoms with E-state index in [0.29, 0.717) is 15.6 Å². The molecule has 1 N–H and O–H groups in total. The van der Waals surface area contributed by atoms with Crippen LogP contribution in [0.1, 0.15) is 45.2 Å². The summed E-state index contributed by atoms with van der Waals surface area (Å²) >= 11 is 19.0. The average molecular weight is 639 g/mol. The van der Waals surface area contributed by atoms with Crippen molar-refractivity contribution in [2.75, 3.05) is 10.8 Å². The molecule has 0 spiro atoms. The highest BCUT2D eigenvalue weighted by molar-refractivity contribution is 7.92. The molecule has 3 aromatic carbocycles. The lowest BCUT2D eigenvalue weighted by molar-refractivity contribution is -0.141. The Hall–Kier alpha value is -2.78. The Bertz CT molecular complexity index is 1510. The molecule has 0 unspecified atom stereocenters. The van der Waals surface area contributed by atoms with Crippen LogP contribution in [-0.2, 0) is 26.2 Å². The molecule has 1 atom stereocenters. The lowest BCUT2D eigenvalue weighted by Gasteiger charge is -2.35. The van der Waals surface area contributed by atoms with E-state index in [2.05, 4.69) is 5.32 Å². The smallest absolute Gasteiger partial charge is 0.264 e. The molecule has 220 valence electrons. The SMILES string of the molecule is CC[C@@H](C(=O)NC(C)(C)C)N(Cc1ccc(Cl)cc1Cl)C(=O)CN(c1ccccc1Cl)S(=O)(=O)c1ccc(C)cc1. The van der Waals surface area contributed by atoms with Gasteiger partial charge in [-0.05, 0) is 76.1 Å². The minimum atomic E-state index is -4.23. The summed E-state index contributed by atoms with van der Waals surface area (Å²) in [6.07, 6.45) is 0.273. The van der Waals surface area contributed by atoms with Crippen molar-refractivity contribution < 1.29 is 18.0 Å². The third-order valence-corrected chi connectivity index (χ3v) is 8.93. The van der Waals surface area contributed by atoms with E-state index >= 15 is 0 Å². The van der Waals surface area contributed by atoms with Crippen molar-refractivity contribution in [1.29, 1.82) is 0 Å². The van der Waals surface area contributed by atoms with Gasteiger partial charge < -0.3 is 10.2 Å². The number of carbonyl (C=O) groups excluding carboxylic acids is 2. The van der Waals surface area contributed by atoms with Crippen LogP contribution >= 0.6 is 34.8 Å². The zero-order chi connectivity index (χ0) is 30.5. The van der Waals surface area contributed by atoms with Crippen LogP contribution in [0.4, 0.5) is 5.69 Å². The summed E-state index contributed by atoms with van der Waals surface area (Å²) in [6.45, 7) is 8.49. The average Bonchev–Trinajstić information content (AvgIpc) is 2.88. The van der Waals surface area contributed by atoms with Crippen LogP contribution in [0.5, 0.6) is 0 Å². The first kappa shape index (κ1) is 32.7. The molecule has 0 aliphatic heterocycles. The summed E-state index contributed by atoms with van der Waals surface area (Å²) in [5.74, 6) is -0.980. The second-order valence-electron chi connectivity index (χ2n) is 10.7. The maximum atomic E-state index is 14.2. The second-order valence-corrected chi connectivity index (χ2v) is 13.8. The van der Waals surface area contributed by atoms with E-state index in [4.69, 9.17) is 34.8 Å². The van der Waals surface area contributed by atoms with E-state index in [1.165, 1.54) is 23.1 Å². The van der Waals surface area contributed by atoms with Crippen LogP contribution < -0.4 is 9.62 Å². The van der Waals surface area contributed by atoms with Crippen LogP contribution in [0.2, 0.25) is 15.1 Å². The van der Waals surface area contributed by atoms with Gasteiger partial charge in [0.1, 0.15) is 12.6 Å². The van der Waals surface area contributed by atoms with E-state index in [9.17, 15) is 18.0 Å². The molecular formula is C30H34Cl3N3O4S. The molecule has 3 rings (SSSR count). The third-order valence-electron chi connectivity index (χ3n) is 6.25. The highest BCUT2D eigenvalue weighted by Crippen LogP contribution is 2.31. The minimum Gasteiger partial charge on any atom is -0.350 e. The largest absolute Gasteiger partial charge is 0.350 e. The van der Waals surface area contributed by atoms with E-state index in [1.54, 1.807) is 55.5 Å². The number of benzene rings is 3. The van der Waals surface area contributed by atoms with Gasteiger partial charge in [-0.3, -0.25) is 13.9 Å². The van der Waals surface area contributed by atoms with E-state index in [1.807, 2.05) is 27.7 Å². The molecule has 11 heteroatoms. The summed E-state index contributed by atoms with van der Waals surface area (Å²) in [4.78, 5) is 28.9. The van der Waals surface area contributed by atoms with Gasteiger partial charge in [0.2, 0.25) is 11.8 Å². The van der Waals surface area contributed by atoms with Gasteiger partial charge in [-0.25, -0.2) is 8.42 Å². The predicted octanol–water partition coefficient (Wildman–Crippen LogP) is 6.87. The number of hydrogen-bond acceptors (Lipinski definition) is 4. The van der Waals surface area contributed by atoms with E-state index in [-0.39, 0.29) is 34.5 Å². The number of anilines is 1. The summed E-state index contributed by atoms with van der Waals surface area (Å²) in [7, 11) is -4.23. The molecular weight excluding hydrogens is 605 g/mol. The molecule has 0 bridgehead atoms. The number of hydrogen-bond donors (Lipinski definition) is 1. The van der Waals surface area contributed by atoms with Crippen LogP contribution in [0, 0.1) is 6.92 Å². The molecule has 0 aromatic heterocycles. The summed E-state index contributed by atoms with van der Waals surface area (Å²) in [6, 6.07) is 16.7. The Kier molecular flexibility index (Phi) is 10.7. The molecule has 7 nitrogen and oxygen atoms in total. The molecule has 0 saturated carbocycles. The number of halogens is 3. The van der Waals surface area contributed by atoms with Crippen molar-refractivity contribution in [2.24, 2.45) is 0 Å². The van der Waals surface area contributed by atoms with Crippen molar-refractivity contribution in [3.63, 3.8) is 0 Å². The maximum absolute atomic E-state index is 14.2. The highest BCUT2D eigenvalue weighted by Gasteiger charge is 2.35. The number of para-hydroxylation sites is 1.